The highest BCUT2D eigenvalue weighted by Crippen LogP contribution is 2.18. The molecule has 0 aliphatic rings. The second kappa shape index (κ2) is 7.45. The second-order valence-electron chi connectivity index (χ2n) is 4.92. The number of carbonyl (C=O) groups is 1. The van der Waals surface area contributed by atoms with E-state index in [4.69, 9.17) is 16.9 Å². The maximum atomic E-state index is 12.4. The summed E-state index contributed by atoms with van der Waals surface area (Å²) in [6, 6.07) is 14.1. The van der Waals surface area contributed by atoms with Crippen molar-refractivity contribution in [3.63, 3.8) is 0 Å². The van der Waals surface area contributed by atoms with Crippen molar-refractivity contribution in [3.05, 3.63) is 59.1 Å². The fourth-order valence-corrected chi connectivity index (χ4v) is 3.21. The monoisotopic (exact) mass is 363 g/mol. The zero-order valence-electron chi connectivity index (χ0n) is 12.7. The summed E-state index contributed by atoms with van der Waals surface area (Å²) in [5, 5.41) is 12.0. The molecule has 0 fully saturated rings. The topological polar surface area (TPSA) is 90.3 Å². The van der Waals surface area contributed by atoms with Gasteiger partial charge in [-0.1, -0.05) is 23.7 Å². The first-order valence-electron chi connectivity index (χ1n) is 6.85. The van der Waals surface area contributed by atoms with E-state index in [9.17, 15) is 13.2 Å². The lowest BCUT2D eigenvalue weighted by atomic mass is 10.2. The van der Waals surface area contributed by atoms with Crippen LogP contribution in [-0.4, -0.2) is 32.2 Å². The Bertz CT molecular complexity index is 890. The van der Waals surface area contributed by atoms with Crippen LogP contribution in [0.3, 0.4) is 0 Å². The van der Waals surface area contributed by atoms with Gasteiger partial charge in [0.2, 0.25) is 15.9 Å². The molecule has 0 saturated carbocycles. The Morgan fingerprint density at radius 2 is 1.83 bits per heavy atom. The summed E-state index contributed by atoms with van der Waals surface area (Å²) in [7, 11) is -2.50. The number of hydrogen-bond acceptors (Lipinski definition) is 4. The SMILES string of the molecule is CN(CC(=O)Nc1ccccc1C#N)S(=O)(=O)c1ccc(Cl)cc1. The third kappa shape index (κ3) is 4.11. The van der Waals surface area contributed by atoms with Crippen molar-refractivity contribution < 1.29 is 13.2 Å². The maximum Gasteiger partial charge on any atom is 0.243 e. The molecule has 24 heavy (non-hydrogen) atoms. The Labute approximate surface area is 145 Å². The lowest BCUT2D eigenvalue weighted by molar-refractivity contribution is -0.116. The molecular weight excluding hydrogens is 350 g/mol. The van der Waals surface area contributed by atoms with Crippen molar-refractivity contribution in [2.24, 2.45) is 0 Å². The molecule has 1 N–H and O–H groups in total. The van der Waals surface area contributed by atoms with Crippen LogP contribution >= 0.6 is 11.6 Å². The number of hydrogen-bond donors (Lipinski definition) is 1. The Kier molecular flexibility index (Phi) is 5.57. The Morgan fingerprint density at radius 3 is 2.46 bits per heavy atom. The molecule has 0 spiro atoms. The number of nitrogens with zero attached hydrogens (tertiary/aromatic N) is 2. The number of likely N-dealkylation sites (N-methyl/N-ethyl adjacent to an activating group) is 1. The van der Waals surface area contributed by atoms with Crippen molar-refractivity contribution >= 4 is 33.2 Å². The molecule has 0 atom stereocenters. The van der Waals surface area contributed by atoms with Gasteiger partial charge in [0.25, 0.3) is 0 Å². The molecule has 0 aliphatic heterocycles. The first-order valence-corrected chi connectivity index (χ1v) is 8.67. The van der Waals surface area contributed by atoms with Gasteiger partial charge in [-0.25, -0.2) is 8.42 Å². The fraction of sp³-hybridized carbons (Fsp3) is 0.125. The minimum atomic E-state index is -3.81. The molecule has 0 unspecified atom stereocenters. The number of rotatable bonds is 5. The van der Waals surface area contributed by atoms with Gasteiger partial charge in [-0.05, 0) is 36.4 Å². The van der Waals surface area contributed by atoms with Crippen molar-refractivity contribution in [3.8, 4) is 6.07 Å². The van der Waals surface area contributed by atoms with E-state index in [0.29, 0.717) is 16.3 Å². The van der Waals surface area contributed by atoms with E-state index in [1.165, 1.54) is 31.3 Å². The van der Waals surface area contributed by atoms with Gasteiger partial charge in [0, 0.05) is 12.1 Å². The summed E-state index contributed by atoms with van der Waals surface area (Å²) in [5.74, 6) is -0.544. The van der Waals surface area contributed by atoms with Crippen LogP contribution in [0.4, 0.5) is 5.69 Å². The van der Waals surface area contributed by atoms with E-state index in [1.807, 2.05) is 6.07 Å². The molecule has 0 aliphatic carbocycles. The first-order chi connectivity index (χ1) is 11.3. The van der Waals surface area contributed by atoms with E-state index in [2.05, 4.69) is 5.32 Å². The molecule has 1 amide bonds. The molecule has 0 bridgehead atoms. The fourth-order valence-electron chi connectivity index (χ4n) is 1.95. The lowest BCUT2D eigenvalue weighted by Crippen LogP contribution is -2.35. The van der Waals surface area contributed by atoms with Crippen LogP contribution in [-0.2, 0) is 14.8 Å². The smallest absolute Gasteiger partial charge is 0.243 e. The summed E-state index contributed by atoms with van der Waals surface area (Å²) in [6.45, 7) is -0.384. The zero-order valence-corrected chi connectivity index (χ0v) is 14.3. The van der Waals surface area contributed by atoms with Gasteiger partial charge in [0.15, 0.2) is 0 Å². The summed E-state index contributed by atoms with van der Waals surface area (Å²) in [5.41, 5.74) is 0.636. The summed E-state index contributed by atoms with van der Waals surface area (Å²) in [6.07, 6.45) is 0. The van der Waals surface area contributed by atoms with Crippen LogP contribution in [0.25, 0.3) is 0 Å². The van der Waals surface area contributed by atoms with E-state index >= 15 is 0 Å². The number of anilines is 1. The van der Waals surface area contributed by atoms with Gasteiger partial charge in [-0.15, -0.1) is 0 Å². The molecule has 2 aromatic rings. The second-order valence-corrected chi connectivity index (χ2v) is 7.40. The predicted octanol–water partition coefficient (Wildman–Crippen LogP) is 2.47. The highest BCUT2D eigenvalue weighted by molar-refractivity contribution is 7.89. The summed E-state index contributed by atoms with van der Waals surface area (Å²) in [4.78, 5) is 12.1. The van der Waals surface area contributed by atoms with Crippen LogP contribution in [0.5, 0.6) is 0 Å². The maximum absolute atomic E-state index is 12.4. The van der Waals surface area contributed by atoms with E-state index in [0.717, 1.165) is 4.31 Å². The molecule has 6 nitrogen and oxygen atoms in total. The highest BCUT2D eigenvalue weighted by atomic mass is 35.5. The number of carbonyl (C=O) groups excluding carboxylic acids is 1. The Hall–Kier alpha value is -2.40. The first kappa shape index (κ1) is 17.9. The van der Waals surface area contributed by atoms with Crippen molar-refractivity contribution in [1.29, 1.82) is 5.26 Å². The average molecular weight is 364 g/mol. The van der Waals surface area contributed by atoms with Crippen molar-refractivity contribution in [1.82, 2.24) is 4.31 Å². The van der Waals surface area contributed by atoms with E-state index in [1.54, 1.807) is 24.3 Å². The number of sulfonamides is 1. The van der Waals surface area contributed by atoms with Crippen molar-refractivity contribution in [2.75, 3.05) is 18.9 Å². The summed E-state index contributed by atoms with van der Waals surface area (Å²) < 4.78 is 25.7. The average Bonchev–Trinajstić information content (AvgIpc) is 2.55. The van der Waals surface area contributed by atoms with Crippen LogP contribution in [0.1, 0.15) is 5.56 Å². The van der Waals surface area contributed by atoms with Gasteiger partial charge in [0.05, 0.1) is 22.7 Å². The van der Waals surface area contributed by atoms with Crippen LogP contribution < -0.4 is 5.32 Å². The predicted molar refractivity (Wildman–Crippen MR) is 91.1 cm³/mol. The third-order valence-electron chi connectivity index (χ3n) is 3.21. The zero-order chi connectivity index (χ0) is 17.7. The van der Waals surface area contributed by atoms with Gasteiger partial charge < -0.3 is 5.32 Å². The highest BCUT2D eigenvalue weighted by Gasteiger charge is 2.23. The van der Waals surface area contributed by atoms with Crippen molar-refractivity contribution in [2.45, 2.75) is 4.90 Å². The number of nitrogens with one attached hydrogen (secondary N) is 1. The minimum absolute atomic E-state index is 0.0413. The molecule has 2 rings (SSSR count). The molecule has 0 aromatic heterocycles. The number of benzene rings is 2. The minimum Gasteiger partial charge on any atom is -0.324 e. The number of amides is 1. The molecule has 8 heteroatoms. The number of nitriles is 1. The van der Waals surface area contributed by atoms with Gasteiger partial charge >= 0.3 is 0 Å². The Balaban J connectivity index is 2.11. The van der Waals surface area contributed by atoms with E-state index < -0.39 is 15.9 Å². The molecular formula is C16H14ClN3O3S. The Morgan fingerprint density at radius 1 is 1.21 bits per heavy atom. The van der Waals surface area contributed by atoms with Gasteiger partial charge in [-0.3, -0.25) is 4.79 Å². The summed E-state index contributed by atoms with van der Waals surface area (Å²) >= 11 is 5.75. The lowest BCUT2D eigenvalue weighted by Gasteiger charge is -2.17. The van der Waals surface area contributed by atoms with Crippen LogP contribution in [0.15, 0.2) is 53.4 Å². The number of halogens is 1. The standard InChI is InChI=1S/C16H14ClN3O3S/c1-20(24(22,23)14-8-6-13(17)7-9-14)11-16(21)19-15-5-3-2-4-12(15)10-18/h2-9H,11H2,1H3,(H,19,21). The van der Waals surface area contributed by atoms with Gasteiger partial charge in [0.1, 0.15) is 6.07 Å². The molecule has 2 aromatic carbocycles. The molecule has 0 radical (unpaired) electrons. The van der Waals surface area contributed by atoms with E-state index in [-0.39, 0.29) is 11.4 Å². The molecule has 0 heterocycles. The van der Waals surface area contributed by atoms with Crippen LogP contribution in [0, 0.1) is 11.3 Å². The number of para-hydroxylation sites is 1. The molecule has 0 saturated heterocycles. The third-order valence-corrected chi connectivity index (χ3v) is 5.28. The van der Waals surface area contributed by atoms with Crippen LogP contribution in [0.2, 0.25) is 5.02 Å². The normalized spacial score (nSPS) is 11.1. The van der Waals surface area contributed by atoms with Gasteiger partial charge in [-0.2, -0.15) is 9.57 Å². The largest absolute Gasteiger partial charge is 0.324 e. The quantitative estimate of drug-likeness (QED) is 0.883. The molecule has 124 valence electrons.